The summed E-state index contributed by atoms with van der Waals surface area (Å²) in [5, 5.41) is 9.20. The molecule has 4 heterocycles. The number of aryl methyl sites for hydroxylation is 2. The van der Waals surface area contributed by atoms with Gasteiger partial charge in [-0.3, -0.25) is 24.6 Å². The first kappa shape index (κ1) is 28.2. The third kappa shape index (κ3) is 4.93. The molecule has 0 radical (unpaired) electrons. The Hall–Kier alpha value is -4.96. The molecule has 2 fully saturated rings. The monoisotopic (exact) mass is 576 g/mol. The molecule has 0 saturated carbocycles. The summed E-state index contributed by atoms with van der Waals surface area (Å²) in [6.07, 6.45) is 5.84. The second-order valence-electron chi connectivity index (χ2n) is 11.2. The van der Waals surface area contributed by atoms with Crippen LogP contribution >= 0.6 is 0 Å². The van der Waals surface area contributed by atoms with Crippen LogP contribution in [0.25, 0.3) is 11.1 Å². The molecule has 2 saturated heterocycles. The van der Waals surface area contributed by atoms with Crippen molar-refractivity contribution in [2.24, 2.45) is 0 Å². The number of carboxylic acid groups (broad SMARTS) is 1. The maximum Gasteiger partial charge on any atom is 0.338 e. The lowest BCUT2D eigenvalue weighted by molar-refractivity contribution is -0.123. The zero-order chi connectivity index (χ0) is 30.3. The first-order chi connectivity index (χ1) is 20.7. The van der Waals surface area contributed by atoms with E-state index >= 15 is 0 Å². The Morgan fingerprint density at radius 2 is 1.58 bits per heavy atom. The molecule has 10 nitrogen and oxygen atoms in total. The molecule has 2 aliphatic rings. The molecule has 2 aliphatic heterocycles. The van der Waals surface area contributed by atoms with E-state index < -0.39 is 17.5 Å². The average Bonchev–Trinajstić information content (AvgIpc) is 3.22. The van der Waals surface area contributed by atoms with E-state index in [1.165, 1.54) is 4.90 Å². The number of benzene rings is 2. The number of piperidine rings is 1. The Morgan fingerprint density at radius 3 is 2.19 bits per heavy atom. The molecule has 1 N–H and O–H groups in total. The molecule has 1 atom stereocenters. The van der Waals surface area contributed by atoms with Crippen LogP contribution in [-0.4, -0.2) is 61.5 Å². The van der Waals surface area contributed by atoms with E-state index in [1.807, 2.05) is 25.1 Å². The number of hydrogen-bond donors (Lipinski definition) is 1. The van der Waals surface area contributed by atoms with Gasteiger partial charge in [0.25, 0.3) is 5.91 Å². The van der Waals surface area contributed by atoms with Gasteiger partial charge in [-0.05, 0) is 80.6 Å². The van der Waals surface area contributed by atoms with E-state index in [1.54, 1.807) is 59.9 Å². The minimum Gasteiger partial charge on any atom is -0.478 e. The molecule has 2 aromatic heterocycles. The Morgan fingerprint density at radius 1 is 0.930 bits per heavy atom. The fraction of sp³-hybridized carbons (Fsp3) is 0.273. The van der Waals surface area contributed by atoms with Crippen molar-refractivity contribution >= 4 is 29.4 Å². The number of carbonyl (C=O) groups excluding carboxylic acids is 2. The topological polar surface area (TPSA) is 120 Å². The van der Waals surface area contributed by atoms with Gasteiger partial charge in [0, 0.05) is 31.5 Å². The van der Waals surface area contributed by atoms with Crippen LogP contribution in [0, 0.1) is 13.8 Å². The lowest BCUT2D eigenvalue weighted by Gasteiger charge is -2.43. The number of carbonyl (C=O) groups is 3. The number of likely N-dealkylation sites (tertiary alicyclic amines) is 1. The largest absolute Gasteiger partial charge is 0.478 e. The average molecular weight is 577 g/mol. The van der Waals surface area contributed by atoms with Gasteiger partial charge in [0.2, 0.25) is 0 Å². The van der Waals surface area contributed by atoms with Crippen LogP contribution in [-0.2, 0) is 4.79 Å². The summed E-state index contributed by atoms with van der Waals surface area (Å²) >= 11 is 0. The number of hydrogen-bond acceptors (Lipinski definition) is 7. The number of aromatic nitrogens is 3. The SMILES string of the molecule is Cc1cncc(N2C(=O)N(c3ccc(-c4ccc(C(=O)O)cc4)cc3)C(=O)C23CCN(C(C)c2ncccc2C)CC3)n1. The second-order valence-corrected chi connectivity index (χ2v) is 11.2. The van der Waals surface area contributed by atoms with Gasteiger partial charge in [0.1, 0.15) is 5.54 Å². The summed E-state index contributed by atoms with van der Waals surface area (Å²) in [4.78, 5) is 58.3. The first-order valence-corrected chi connectivity index (χ1v) is 14.3. The molecule has 0 aliphatic carbocycles. The van der Waals surface area contributed by atoms with Gasteiger partial charge in [-0.25, -0.2) is 19.5 Å². The van der Waals surface area contributed by atoms with Crippen LogP contribution in [0.3, 0.4) is 0 Å². The molecule has 4 aromatic rings. The van der Waals surface area contributed by atoms with Gasteiger partial charge in [0.05, 0.1) is 28.8 Å². The lowest BCUT2D eigenvalue weighted by Crippen LogP contribution is -2.57. The van der Waals surface area contributed by atoms with Gasteiger partial charge in [0.15, 0.2) is 5.82 Å². The van der Waals surface area contributed by atoms with Crippen molar-refractivity contribution in [3.05, 3.63) is 102 Å². The summed E-state index contributed by atoms with van der Waals surface area (Å²) in [6, 6.07) is 17.3. The standard InChI is InChI=1S/C33H32N6O4/c1-21-5-4-16-35-29(21)23(3)37-17-14-33(15-18-37)31(42)38(32(43)39(33)28-20-34-19-22(2)36-28)27-12-10-25(11-13-27)24-6-8-26(9-7-24)30(40)41/h4-13,16,19-20,23H,14-15,17-18H2,1-3H3,(H,40,41). The highest BCUT2D eigenvalue weighted by Crippen LogP contribution is 2.43. The first-order valence-electron chi connectivity index (χ1n) is 14.3. The number of nitrogens with zero attached hydrogens (tertiary/aromatic N) is 6. The molecule has 10 heteroatoms. The van der Waals surface area contributed by atoms with Crippen molar-refractivity contribution in [2.45, 2.75) is 45.2 Å². The van der Waals surface area contributed by atoms with E-state index in [-0.39, 0.29) is 17.5 Å². The molecular formula is C33H32N6O4. The minimum atomic E-state index is -1.10. The molecule has 1 unspecified atom stereocenters. The van der Waals surface area contributed by atoms with Crippen LogP contribution in [0.4, 0.5) is 16.3 Å². The second kappa shape index (κ2) is 11.0. The molecule has 0 bridgehead atoms. The number of carboxylic acids is 1. The van der Waals surface area contributed by atoms with Gasteiger partial charge in [-0.1, -0.05) is 30.3 Å². The number of pyridine rings is 1. The fourth-order valence-electron chi connectivity index (χ4n) is 6.21. The predicted octanol–water partition coefficient (Wildman–Crippen LogP) is 5.42. The van der Waals surface area contributed by atoms with Crippen LogP contribution in [0.5, 0.6) is 0 Å². The molecule has 1 spiro atoms. The number of urea groups is 1. The number of aromatic carboxylic acids is 1. The Labute approximate surface area is 249 Å². The number of imide groups is 1. The Kier molecular flexibility index (Phi) is 7.23. The van der Waals surface area contributed by atoms with Crippen molar-refractivity contribution in [1.29, 1.82) is 0 Å². The number of rotatable bonds is 6. The van der Waals surface area contributed by atoms with Crippen molar-refractivity contribution in [2.75, 3.05) is 22.9 Å². The number of amides is 3. The lowest BCUT2D eigenvalue weighted by atomic mass is 9.85. The summed E-state index contributed by atoms with van der Waals surface area (Å²) in [7, 11) is 0. The highest BCUT2D eigenvalue weighted by atomic mass is 16.4. The third-order valence-electron chi connectivity index (χ3n) is 8.59. The number of anilines is 2. The highest BCUT2D eigenvalue weighted by Gasteiger charge is 2.60. The van der Waals surface area contributed by atoms with E-state index in [9.17, 15) is 19.5 Å². The van der Waals surface area contributed by atoms with Crippen LogP contribution in [0.15, 0.2) is 79.3 Å². The van der Waals surface area contributed by atoms with E-state index in [4.69, 9.17) is 0 Å². The molecule has 3 amide bonds. The molecule has 218 valence electrons. The molecule has 6 rings (SSSR count). The zero-order valence-electron chi connectivity index (χ0n) is 24.3. The van der Waals surface area contributed by atoms with Gasteiger partial charge in [-0.2, -0.15) is 0 Å². The van der Waals surface area contributed by atoms with Gasteiger partial charge < -0.3 is 5.11 Å². The Bertz CT molecular complexity index is 1700. The summed E-state index contributed by atoms with van der Waals surface area (Å²) in [5.74, 6) is -0.907. The minimum absolute atomic E-state index is 0.0613. The Balaban J connectivity index is 1.31. The van der Waals surface area contributed by atoms with Crippen molar-refractivity contribution in [1.82, 2.24) is 19.9 Å². The smallest absolute Gasteiger partial charge is 0.338 e. The van der Waals surface area contributed by atoms with Crippen molar-refractivity contribution < 1.29 is 19.5 Å². The van der Waals surface area contributed by atoms with E-state index in [0.29, 0.717) is 43.1 Å². The van der Waals surface area contributed by atoms with E-state index in [0.717, 1.165) is 22.4 Å². The summed E-state index contributed by atoms with van der Waals surface area (Å²) < 4.78 is 0. The van der Waals surface area contributed by atoms with Gasteiger partial charge in [-0.15, -0.1) is 0 Å². The predicted molar refractivity (Wildman–Crippen MR) is 162 cm³/mol. The summed E-state index contributed by atoms with van der Waals surface area (Å²) in [6.45, 7) is 7.19. The van der Waals surface area contributed by atoms with Crippen LogP contribution in [0.1, 0.15) is 53.1 Å². The molecular weight excluding hydrogens is 544 g/mol. The maximum atomic E-state index is 14.3. The zero-order valence-corrected chi connectivity index (χ0v) is 24.3. The van der Waals surface area contributed by atoms with Gasteiger partial charge >= 0.3 is 12.0 Å². The highest BCUT2D eigenvalue weighted by molar-refractivity contribution is 6.30. The fourth-order valence-corrected chi connectivity index (χ4v) is 6.21. The molecule has 2 aromatic carbocycles. The van der Waals surface area contributed by atoms with Crippen molar-refractivity contribution in [3.63, 3.8) is 0 Å². The maximum absolute atomic E-state index is 14.3. The quantitative estimate of drug-likeness (QED) is 0.302. The van der Waals surface area contributed by atoms with Crippen LogP contribution < -0.4 is 9.80 Å². The molecule has 43 heavy (non-hydrogen) atoms. The van der Waals surface area contributed by atoms with E-state index in [2.05, 4.69) is 39.8 Å². The van der Waals surface area contributed by atoms with Crippen molar-refractivity contribution in [3.8, 4) is 11.1 Å². The normalized spacial score (nSPS) is 17.5. The third-order valence-corrected chi connectivity index (χ3v) is 8.59. The summed E-state index contributed by atoms with van der Waals surface area (Å²) in [5.41, 5.74) is 4.01. The van der Waals surface area contributed by atoms with Crippen LogP contribution in [0.2, 0.25) is 0 Å².